The lowest BCUT2D eigenvalue weighted by Gasteiger charge is -2.42. The van der Waals surface area contributed by atoms with Crippen LogP contribution in [0.3, 0.4) is 0 Å². The zero-order valence-corrected chi connectivity index (χ0v) is 16.8. The van der Waals surface area contributed by atoms with Crippen LogP contribution in [0.25, 0.3) is 0 Å². The summed E-state index contributed by atoms with van der Waals surface area (Å²) in [7, 11) is 1.45. The highest BCUT2D eigenvalue weighted by Crippen LogP contribution is 2.54. The number of imide groups is 1. The second kappa shape index (κ2) is 6.64. The number of hydrogen-bond acceptors (Lipinski definition) is 5. The molecule has 2 aromatic rings. The summed E-state index contributed by atoms with van der Waals surface area (Å²) in [5, 5.41) is 0. The summed E-state index contributed by atoms with van der Waals surface area (Å²) < 4.78 is 5.34. The highest BCUT2D eigenvalue weighted by atomic mass is 16.5. The second-order valence-electron chi connectivity index (χ2n) is 8.17. The van der Waals surface area contributed by atoms with Crippen molar-refractivity contribution in [2.45, 2.75) is 25.0 Å². The van der Waals surface area contributed by atoms with Crippen molar-refractivity contribution in [3.63, 3.8) is 0 Å². The van der Waals surface area contributed by atoms with Gasteiger partial charge in [-0.2, -0.15) is 0 Å². The number of nitrogens with zero attached hydrogens (tertiary/aromatic N) is 2. The first-order valence-corrected chi connectivity index (χ1v) is 10.0. The Morgan fingerprint density at radius 1 is 0.933 bits per heavy atom. The first kappa shape index (κ1) is 18.8. The van der Waals surface area contributed by atoms with Gasteiger partial charge in [0.25, 0.3) is 0 Å². The van der Waals surface area contributed by atoms with E-state index in [4.69, 9.17) is 4.74 Å². The Morgan fingerprint density at radius 3 is 2.20 bits per heavy atom. The van der Waals surface area contributed by atoms with Crippen molar-refractivity contribution in [2.24, 2.45) is 11.8 Å². The largest absolute Gasteiger partial charge is 0.493 e. The normalized spacial score (nSPS) is 30.5. The SMILES string of the molecule is COC1=C[C@H]2[C@@H]3C(=O)N(c4ccccc4)C(=O)[C@@H]3[C@@](C)(C1=O)N2Cc1ccccc1. The van der Waals surface area contributed by atoms with Gasteiger partial charge in [0.15, 0.2) is 5.76 Å². The second-order valence-corrected chi connectivity index (χ2v) is 8.17. The van der Waals surface area contributed by atoms with Crippen molar-refractivity contribution in [3.8, 4) is 0 Å². The Bertz CT molecular complexity index is 1070. The zero-order chi connectivity index (χ0) is 21.0. The van der Waals surface area contributed by atoms with Gasteiger partial charge in [0, 0.05) is 12.6 Å². The molecule has 5 rings (SSSR count). The summed E-state index contributed by atoms with van der Waals surface area (Å²) >= 11 is 0. The molecule has 152 valence electrons. The number of ether oxygens (including phenoxy) is 1. The van der Waals surface area contributed by atoms with Crippen molar-refractivity contribution < 1.29 is 19.1 Å². The molecule has 2 aromatic carbocycles. The number of ketones is 1. The van der Waals surface area contributed by atoms with Gasteiger partial charge >= 0.3 is 0 Å². The predicted octanol–water partition coefficient (Wildman–Crippen LogP) is 2.55. The van der Waals surface area contributed by atoms with E-state index in [1.165, 1.54) is 12.0 Å². The Balaban J connectivity index is 1.62. The lowest BCUT2D eigenvalue weighted by Crippen LogP contribution is -2.58. The van der Waals surface area contributed by atoms with Gasteiger partial charge in [-0.25, -0.2) is 4.90 Å². The Kier molecular flexibility index (Phi) is 4.15. The summed E-state index contributed by atoms with van der Waals surface area (Å²) in [6.45, 7) is 2.25. The van der Waals surface area contributed by atoms with E-state index in [1.807, 2.05) is 41.3 Å². The topological polar surface area (TPSA) is 66.9 Å². The van der Waals surface area contributed by atoms with E-state index >= 15 is 0 Å². The van der Waals surface area contributed by atoms with Crippen LogP contribution in [-0.4, -0.2) is 41.2 Å². The van der Waals surface area contributed by atoms with Crippen molar-refractivity contribution in [3.05, 3.63) is 78.1 Å². The number of para-hydroxylation sites is 1. The summed E-state index contributed by atoms with van der Waals surface area (Å²) in [5.41, 5.74) is 0.416. The molecule has 0 unspecified atom stereocenters. The van der Waals surface area contributed by atoms with E-state index in [-0.39, 0.29) is 23.4 Å². The van der Waals surface area contributed by atoms with E-state index in [2.05, 4.69) is 0 Å². The average Bonchev–Trinajstić information content (AvgIpc) is 3.13. The van der Waals surface area contributed by atoms with Crippen LogP contribution in [0.4, 0.5) is 5.69 Å². The lowest BCUT2D eigenvalue weighted by molar-refractivity contribution is -0.137. The van der Waals surface area contributed by atoms with Gasteiger partial charge < -0.3 is 4.74 Å². The Morgan fingerprint density at radius 2 is 1.57 bits per heavy atom. The minimum Gasteiger partial charge on any atom is -0.493 e. The van der Waals surface area contributed by atoms with E-state index < -0.39 is 23.4 Å². The fourth-order valence-electron chi connectivity index (χ4n) is 5.30. The number of benzene rings is 2. The molecule has 3 aliphatic rings. The molecule has 0 saturated carbocycles. The smallest absolute Gasteiger partial charge is 0.240 e. The fourth-order valence-corrected chi connectivity index (χ4v) is 5.30. The molecule has 4 atom stereocenters. The number of rotatable bonds is 4. The highest BCUT2D eigenvalue weighted by Gasteiger charge is 2.71. The molecule has 2 bridgehead atoms. The van der Waals surface area contributed by atoms with E-state index in [0.717, 1.165) is 5.56 Å². The van der Waals surface area contributed by atoms with Gasteiger partial charge in [-0.1, -0.05) is 48.5 Å². The molecular weight excluding hydrogens is 380 g/mol. The van der Waals surface area contributed by atoms with E-state index in [0.29, 0.717) is 12.2 Å². The molecule has 2 fully saturated rings. The number of carbonyl (C=O) groups excluding carboxylic acids is 3. The number of methoxy groups -OCH3 is 1. The van der Waals surface area contributed by atoms with Gasteiger partial charge in [-0.05, 0) is 30.7 Å². The van der Waals surface area contributed by atoms with Crippen molar-refractivity contribution >= 4 is 23.3 Å². The summed E-state index contributed by atoms with van der Waals surface area (Å²) in [6.07, 6.45) is 1.72. The maximum Gasteiger partial charge on any atom is 0.240 e. The molecule has 30 heavy (non-hydrogen) atoms. The average molecular weight is 402 g/mol. The summed E-state index contributed by atoms with van der Waals surface area (Å²) in [5.74, 6) is -1.98. The number of carbonyl (C=O) groups is 3. The molecule has 0 N–H and O–H groups in total. The predicted molar refractivity (Wildman–Crippen MR) is 110 cm³/mol. The van der Waals surface area contributed by atoms with Crippen molar-refractivity contribution in [1.29, 1.82) is 0 Å². The quantitative estimate of drug-likeness (QED) is 0.736. The van der Waals surface area contributed by atoms with Crippen LogP contribution in [0, 0.1) is 11.8 Å². The van der Waals surface area contributed by atoms with Crippen LogP contribution in [0.1, 0.15) is 12.5 Å². The molecule has 6 nitrogen and oxygen atoms in total. The van der Waals surface area contributed by atoms with E-state index in [1.54, 1.807) is 37.3 Å². The van der Waals surface area contributed by atoms with Gasteiger partial charge in [-0.3, -0.25) is 19.3 Å². The fraction of sp³-hybridized carbons (Fsp3) is 0.292. The molecule has 0 spiro atoms. The number of amides is 2. The summed E-state index contributed by atoms with van der Waals surface area (Å²) in [4.78, 5) is 43.7. The Hall–Kier alpha value is -3.25. The maximum absolute atomic E-state index is 13.5. The standard InChI is InChI=1S/C24H22N2O4/c1-24-20-19(22(28)26(23(20)29)16-11-7-4-8-12-16)17(13-18(30-2)21(24)27)25(24)14-15-9-5-3-6-10-15/h3-13,17,19-20H,14H2,1-2H3/t17-,19-,20+,24-/m0/s1. The van der Waals surface area contributed by atoms with Gasteiger partial charge in [0.05, 0.1) is 30.2 Å². The van der Waals surface area contributed by atoms with Crippen LogP contribution < -0.4 is 4.90 Å². The maximum atomic E-state index is 13.5. The minimum absolute atomic E-state index is 0.230. The molecule has 0 radical (unpaired) electrons. The number of Topliss-reactive ketones (excluding diaryl/α,β-unsaturated/α-hetero) is 1. The molecule has 3 heterocycles. The third-order valence-electron chi connectivity index (χ3n) is 6.72. The first-order chi connectivity index (χ1) is 14.5. The summed E-state index contributed by atoms with van der Waals surface area (Å²) in [6, 6.07) is 18.3. The van der Waals surface area contributed by atoms with Gasteiger partial charge in [0.2, 0.25) is 17.6 Å². The molecule has 6 heteroatoms. The highest BCUT2D eigenvalue weighted by molar-refractivity contribution is 6.25. The van der Waals surface area contributed by atoms with E-state index in [9.17, 15) is 14.4 Å². The Labute approximate surface area is 174 Å². The molecule has 0 aliphatic carbocycles. The lowest BCUT2D eigenvalue weighted by atomic mass is 9.79. The number of hydrogen-bond donors (Lipinski definition) is 0. The number of fused-ring (bicyclic) bond motifs is 5. The van der Waals surface area contributed by atoms with Crippen LogP contribution in [0.5, 0.6) is 0 Å². The molecule has 2 amide bonds. The van der Waals surface area contributed by atoms with Crippen LogP contribution in [0.2, 0.25) is 0 Å². The molecule has 0 aromatic heterocycles. The molecule has 3 aliphatic heterocycles. The third kappa shape index (κ3) is 2.37. The van der Waals surface area contributed by atoms with Crippen LogP contribution >= 0.6 is 0 Å². The van der Waals surface area contributed by atoms with Crippen LogP contribution in [-0.2, 0) is 25.7 Å². The van der Waals surface area contributed by atoms with Crippen molar-refractivity contribution in [2.75, 3.05) is 12.0 Å². The third-order valence-corrected chi connectivity index (χ3v) is 6.72. The van der Waals surface area contributed by atoms with Gasteiger partial charge in [0.1, 0.15) is 0 Å². The zero-order valence-electron chi connectivity index (χ0n) is 16.8. The number of anilines is 1. The first-order valence-electron chi connectivity index (χ1n) is 10.0. The minimum atomic E-state index is -1.15. The molecule has 2 saturated heterocycles. The van der Waals surface area contributed by atoms with Crippen molar-refractivity contribution in [1.82, 2.24) is 4.90 Å². The van der Waals surface area contributed by atoms with Gasteiger partial charge in [-0.15, -0.1) is 0 Å². The van der Waals surface area contributed by atoms with Crippen LogP contribution in [0.15, 0.2) is 72.5 Å². The monoisotopic (exact) mass is 402 g/mol. The molecular formula is C24H22N2O4.